The van der Waals surface area contributed by atoms with Gasteiger partial charge in [-0.3, -0.25) is 0 Å². The summed E-state index contributed by atoms with van der Waals surface area (Å²) in [5.74, 6) is -0.949. The molecule has 2 aromatic rings. The molecule has 0 atom stereocenters. The Hall–Kier alpha value is -2.19. The summed E-state index contributed by atoms with van der Waals surface area (Å²) >= 11 is 0. The number of sulfone groups is 1. The molecule has 0 radical (unpaired) electrons. The second kappa shape index (κ2) is 5.66. The van der Waals surface area contributed by atoms with Gasteiger partial charge in [-0.05, 0) is 60.9 Å². The number of halogens is 1. The molecular formula is C16H14FNO2S. The molecule has 0 amide bonds. The molecule has 0 aromatic heterocycles. The minimum atomic E-state index is -3.62. The van der Waals surface area contributed by atoms with Gasteiger partial charge in [0.25, 0.3) is 0 Å². The van der Waals surface area contributed by atoms with E-state index < -0.39 is 21.4 Å². The molecule has 0 heterocycles. The number of hydrogen-bond donors (Lipinski definition) is 0. The summed E-state index contributed by atoms with van der Waals surface area (Å²) in [5.41, 5.74) is 2.22. The summed E-state index contributed by atoms with van der Waals surface area (Å²) in [6.07, 6.45) is 0. The van der Waals surface area contributed by atoms with Crippen molar-refractivity contribution in [3.05, 3.63) is 64.5 Å². The van der Waals surface area contributed by atoms with Crippen LogP contribution in [0.15, 0.2) is 41.3 Å². The van der Waals surface area contributed by atoms with Gasteiger partial charge < -0.3 is 0 Å². The van der Waals surface area contributed by atoms with Gasteiger partial charge in [0.15, 0.2) is 9.84 Å². The minimum Gasteiger partial charge on any atom is -0.223 e. The summed E-state index contributed by atoms with van der Waals surface area (Å²) in [7, 11) is -3.62. The van der Waals surface area contributed by atoms with Crippen LogP contribution in [-0.2, 0) is 15.6 Å². The lowest BCUT2D eigenvalue weighted by molar-refractivity contribution is 0.594. The molecule has 2 aromatic carbocycles. The first kappa shape index (κ1) is 15.2. The van der Waals surface area contributed by atoms with E-state index in [1.165, 1.54) is 12.1 Å². The Kier molecular flexibility index (Phi) is 4.10. The molecule has 0 aliphatic carbocycles. The molecule has 0 spiro atoms. The largest absolute Gasteiger partial charge is 0.223 e. The third-order valence-electron chi connectivity index (χ3n) is 3.37. The van der Waals surface area contributed by atoms with E-state index in [0.29, 0.717) is 0 Å². The third kappa shape index (κ3) is 3.29. The fourth-order valence-corrected chi connectivity index (χ4v) is 3.43. The van der Waals surface area contributed by atoms with Crippen molar-refractivity contribution in [2.75, 3.05) is 0 Å². The Bertz CT molecular complexity index is 836. The maximum absolute atomic E-state index is 13.3. The second-order valence-electron chi connectivity index (χ2n) is 4.92. The lowest BCUT2D eigenvalue weighted by Crippen LogP contribution is -2.07. The summed E-state index contributed by atoms with van der Waals surface area (Å²) in [6, 6.07) is 10.3. The van der Waals surface area contributed by atoms with Gasteiger partial charge >= 0.3 is 0 Å². The molecule has 0 fully saturated rings. The molecule has 108 valence electrons. The zero-order valence-electron chi connectivity index (χ0n) is 11.7. The van der Waals surface area contributed by atoms with Crippen molar-refractivity contribution in [3.63, 3.8) is 0 Å². The van der Waals surface area contributed by atoms with Crippen molar-refractivity contribution < 1.29 is 12.8 Å². The molecule has 3 nitrogen and oxygen atoms in total. The van der Waals surface area contributed by atoms with Crippen molar-refractivity contribution in [2.24, 2.45) is 0 Å². The zero-order chi connectivity index (χ0) is 15.6. The van der Waals surface area contributed by atoms with Gasteiger partial charge in [-0.15, -0.1) is 0 Å². The maximum Gasteiger partial charge on any atom is 0.182 e. The van der Waals surface area contributed by atoms with E-state index in [0.717, 1.165) is 23.3 Å². The monoisotopic (exact) mass is 303 g/mol. The van der Waals surface area contributed by atoms with Gasteiger partial charge in [-0.2, -0.15) is 5.26 Å². The van der Waals surface area contributed by atoms with E-state index in [4.69, 9.17) is 5.26 Å². The fraction of sp³-hybridized carbons (Fsp3) is 0.188. The van der Waals surface area contributed by atoms with E-state index >= 15 is 0 Å². The Morgan fingerprint density at radius 2 is 1.81 bits per heavy atom. The van der Waals surface area contributed by atoms with E-state index in [9.17, 15) is 12.8 Å². The van der Waals surface area contributed by atoms with E-state index in [-0.39, 0.29) is 16.0 Å². The molecule has 0 unspecified atom stereocenters. The molecule has 0 aliphatic rings. The minimum absolute atomic E-state index is 0.170. The number of hydrogen-bond acceptors (Lipinski definition) is 3. The Morgan fingerprint density at radius 3 is 2.43 bits per heavy atom. The van der Waals surface area contributed by atoms with Crippen LogP contribution in [0.4, 0.5) is 4.39 Å². The molecule has 21 heavy (non-hydrogen) atoms. The number of aryl methyl sites for hydroxylation is 2. The van der Waals surface area contributed by atoms with Crippen LogP contribution in [0.25, 0.3) is 0 Å². The predicted molar refractivity (Wildman–Crippen MR) is 77.9 cm³/mol. The molecule has 5 heteroatoms. The molecule has 2 rings (SSSR count). The number of benzene rings is 2. The van der Waals surface area contributed by atoms with Gasteiger partial charge in [0.1, 0.15) is 5.82 Å². The number of nitriles is 1. The van der Waals surface area contributed by atoms with E-state index in [1.807, 2.05) is 19.9 Å². The van der Waals surface area contributed by atoms with Crippen molar-refractivity contribution in [2.45, 2.75) is 24.5 Å². The van der Waals surface area contributed by atoms with Crippen molar-refractivity contribution >= 4 is 9.84 Å². The fourth-order valence-electron chi connectivity index (χ4n) is 1.99. The highest BCUT2D eigenvalue weighted by Crippen LogP contribution is 2.21. The number of rotatable bonds is 3. The number of nitrogens with zero attached hydrogens (tertiary/aromatic N) is 1. The standard InChI is InChI=1S/C16H14FNO2S/c1-11-3-6-16(7-12(11)2)21(19,20)10-14-8-15(17)5-4-13(14)9-18/h3-8H,10H2,1-2H3. The normalized spacial score (nSPS) is 11.1. The van der Waals surface area contributed by atoms with Gasteiger partial charge in [0.05, 0.1) is 22.3 Å². The lowest BCUT2D eigenvalue weighted by Gasteiger charge is -2.08. The van der Waals surface area contributed by atoms with Gasteiger partial charge in [0.2, 0.25) is 0 Å². The third-order valence-corrected chi connectivity index (χ3v) is 5.03. The molecule has 0 N–H and O–H groups in total. The molecule has 0 aliphatic heterocycles. The highest BCUT2D eigenvalue weighted by atomic mass is 32.2. The topological polar surface area (TPSA) is 57.9 Å². The van der Waals surface area contributed by atoms with Crippen LogP contribution >= 0.6 is 0 Å². The van der Waals surface area contributed by atoms with Crippen molar-refractivity contribution in [1.82, 2.24) is 0 Å². The van der Waals surface area contributed by atoms with Crippen LogP contribution in [0.2, 0.25) is 0 Å². The zero-order valence-corrected chi connectivity index (χ0v) is 12.5. The van der Waals surface area contributed by atoms with E-state index in [1.54, 1.807) is 12.1 Å². The maximum atomic E-state index is 13.3. The van der Waals surface area contributed by atoms with Crippen LogP contribution in [-0.4, -0.2) is 8.42 Å². The second-order valence-corrected chi connectivity index (χ2v) is 6.91. The predicted octanol–water partition coefficient (Wildman–Crippen LogP) is 3.29. The first-order chi connectivity index (χ1) is 9.83. The molecule has 0 bridgehead atoms. The SMILES string of the molecule is Cc1ccc(S(=O)(=O)Cc2cc(F)ccc2C#N)cc1C. The lowest BCUT2D eigenvalue weighted by atomic mass is 10.1. The Morgan fingerprint density at radius 1 is 1.10 bits per heavy atom. The van der Waals surface area contributed by atoms with Gasteiger partial charge in [0, 0.05) is 0 Å². The first-order valence-electron chi connectivity index (χ1n) is 6.32. The van der Waals surface area contributed by atoms with Crippen LogP contribution in [0.1, 0.15) is 22.3 Å². The average Bonchev–Trinajstić information content (AvgIpc) is 2.41. The quantitative estimate of drug-likeness (QED) is 0.874. The van der Waals surface area contributed by atoms with Gasteiger partial charge in [-0.1, -0.05) is 6.07 Å². The van der Waals surface area contributed by atoms with Crippen LogP contribution in [0, 0.1) is 31.0 Å². The highest BCUT2D eigenvalue weighted by molar-refractivity contribution is 7.90. The highest BCUT2D eigenvalue weighted by Gasteiger charge is 2.18. The Labute approximate surface area is 123 Å². The van der Waals surface area contributed by atoms with Crippen LogP contribution in [0.3, 0.4) is 0 Å². The summed E-state index contributed by atoms with van der Waals surface area (Å²) < 4.78 is 38.1. The summed E-state index contributed by atoms with van der Waals surface area (Å²) in [4.78, 5) is 0.179. The van der Waals surface area contributed by atoms with Crippen LogP contribution in [0.5, 0.6) is 0 Å². The first-order valence-corrected chi connectivity index (χ1v) is 7.97. The van der Waals surface area contributed by atoms with Crippen molar-refractivity contribution in [1.29, 1.82) is 5.26 Å². The molecular weight excluding hydrogens is 289 g/mol. The summed E-state index contributed by atoms with van der Waals surface area (Å²) in [5, 5.41) is 8.99. The summed E-state index contributed by atoms with van der Waals surface area (Å²) in [6.45, 7) is 3.73. The van der Waals surface area contributed by atoms with Crippen molar-refractivity contribution in [3.8, 4) is 6.07 Å². The van der Waals surface area contributed by atoms with E-state index in [2.05, 4.69) is 0 Å². The van der Waals surface area contributed by atoms with Crippen LogP contribution < -0.4 is 0 Å². The Balaban J connectivity index is 2.45. The smallest absolute Gasteiger partial charge is 0.182 e. The van der Waals surface area contributed by atoms with Gasteiger partial charge in [-0.25, -0.2) is 12.8 Å². The molecule has 0 saturated carbocycles. The molecule has 0 saturated heterocycles. The average molecular weight is 303 g/mol.